The highest BCUT2D eigenvalue weighted by Gasteiger charge is 2.17. The van der Waals surface area contributed by atoms with E-state index in [-0.39, 0.29) is 15.5 Å². The minimum atomic E-state index is 0.0442. The van der Waals surface area contributed by atoms with Crippen LogP contribution in [0.1, 0.15) is 38.3 Å². The SMILES string of the molecule is Cc1ccc(C(=O)SC2=CCC(SC(=O)c3ccc(C)cc3)C=C2)cc1. The van der Waals surface area contributed by atoms with Crippen LogP contribution in [0.3, 0.4) is 0 Å². The first-order valence-electron chi connectivity index (χ1n) is 8.46. The van der Waals surface area contributed by atoms with Crippen LogP contribution in [0, 0.1) is 13.8 Å². The van der Waals surface area contributed by atoms with Crippen LogP contribution in [0.2, 0.25) is 0 Å². The number of allylic oxidation sites excluding steroid dienone is 2. The molecule has 26 heavy (non-hydrogen) atoms. The van der Waals surface area contributed by atoms with Gasteiger partial charge in [-0.1, -0.05) is 89.6 Å². The molecule has 1 unspecified atom stereocenters. The smallest absolute Gasteiger partial charge is 0.224 e. The number of hydrogen-bond acceptors (Lipinski definition) is 4. The normalized spacial score (nSPS) is 16.2. The van der Waals surface area contributed by atoms with Crippen LogP contribution in [0.5, 0.6) is 0 Å². The minimum Gasteiger partial charge on any atom is -0.282 e. The van der Waals surface area contributed by atoms with Gasteiger partial charge in [-0.3, -0.25) is 9.59 Å². The third kappa shape index (κ3) is 4.99. The number of thioether (sulfide) groups is 2. The zero-order valence-electron chi connectivity index (χ0n) is 14.8. The summed E-state index contributed by atoms with van der Waals surface area (Å²) in [5, 5.41) is 0.241. The topological polar surface area (TPSA) is 34.1 Å². The summed E-state index contributed by atoms with van der Waals surface area (Å²) in [7, 11) is 0. The molecule has 0 radical (unpaired) electrons. The summed E-state index contributed by atoms with van der Waals surface area (Å²) in [4.78, 5) is 25.6. The molecule has 0 heterocycles. The van der Waals surface area contributed by atoms with E-state index in [0.717, 1.165) is 28.0 Å². The van der Waals surface area contributed by atoms with Crippen LogP contribution in [0.25, 0.3) is 0 Å². The van der Waals surface area contributed by atoms with Crippen molar-refractivity contribution in [3.8, 4) is 0 Å². The van der Waals surface area contributed by atoms with E-state index < -0.39 is 0 Å². The molecule has 132 valence electrons. The molecule has 1 aliphatic rings. The molecule has 0 N–H and O–H groups in total. The van der Waals surface area contributed by atoms with E-state index in [1.807, 2.05) is 80.6 Å². The van der Waals surface area contributed by atoms with Gasteiger partial charge in [-0.05, 0) is 32.0 Å². The molecule has 1 aliphatic carbocycles. The van der Waals surface area contributed by atoms with E-state index in [0.29, 0.717) is 5.56 Å². The Labute approximate surface area is 162 Å². The van der Waals surface area contributed by atoms with E-state index >= 15 is 0 Å². The molecule has 2 aromatic carbocycles. The molecule has 0 saturated carbocycles. The van der Waals surface area contributed by atoms with Gasteiger partial charge in [-0.25, -0.2) is 0 Å². The van der Waals surface area contributed by atoms with Crippen molar-refractivity contribution in [2.45, 2.75) is 25.5 Å². The molecule has 0 aliphatic heterocycles. The number of carbonyl (C=O) groups is 2. The summed E-state index contributed by atoms with van der Waals surface area (Å²) in [5.74, 6) is 0. The Bertz CT molecular complexity index is 862. The van der Waals surface area contributed by atoms with Gasteiger partial charge in [0.1, 0.15) is 0 Å². The molecule has 0 saturated heterocycles. The van der Waals surface area contributed by atoms with Gasteiger partial charge in [0.15, 0.2) is 0 Å². The summed E-state index contributed by atoms with van der Waals surface area (Å²) in [6.45, 7) is 4.01. The summed E-state index contributed by atoms with van der Waals surface area (Å²) in [6.07, 6.45) is 6.75. The quantitative estimate of drug-likeness (QED) is 0.655. The van der Waals surface area contributed by atoms with E-state index in [4.69, 9.17) is 0 Å². The van der Waals surface area contributed by atoms with Gasteiger partial charge in [0.05, 0.1) is 0 Å². The number of rotatable bonds is 4. The molecule has 0 aromatic heterocycles. The second-order valence-corrected chi connectivity index (χ2v) is 8.52. The fourth-order valence-corrected chi connectivity index (χ4v) is 4.19. The molecule has 0 fully saturated rings. The van der Waals surface area contributed by atoms with Crippen LogP contribution in [-0.2, 0) is 0 Å². The average molecular weight is 381 g/mol. The van der Waals surface area contributed by atoms with E-state index in [2.05, 4.69) is 0 Å². The van der Waals surface area contributed by atoms with Crippen molar-refractivity contribution in [2.24, 2.45) is 0 Å². The van der Waals surface area contributed by atoms with Gasteiger partial charge in [-0.2, -0.15) is 0 Å². The van der Waals surface area contributed by atoms with Crippen molar-refractivity contribution in [2.75, 3.05) is 0 Å². The lowest BCUT2D eigenvalue weighted by Crippen LogP contribution is -2.06. The molecule has 0 bridgehead atoms. The molecule has 0 amide bonds. The van der Waals surface area contributed by atoms with Crippen LogP contribution in [0.15, 0.2) is 71.7 Å². The van der Waals surface area contributed by atoms with Crippen LogP contribution in [-0.4, -0.2) is 15.5 Å². The van der Waals surface area contributed by atoms with Crippen molar-refractivity contribution < 1.29 is 9.59 Å². The highest BCUT2D eigenvalue weighted by molar-refractivity contribution is 8.17. The molecule has 3 rings (SSSR count). The van der Waals surface area contributed by atoms with Crippen LogP contribution >= 0.6 is 23.5 Å². The fourth-order valence-electron chi connectivity index (χ4n) is 2.49. The number of carbonyl (C=O) groups excluding carboxylic acids is 2. The van der Waals surface area contributed by atoms with Crippen LogP contribution in [0.4, 0.5) is 0 Å². The van der Waals surface area contributed by atoms with Gasteiger partial charge in [0.25, 0.3) is 0 Å². The summed E-state index contributed by atoms with van der Waals surface area (Å²) in [6, 6.07) is 15.3. The highest BCUT2D eigenvalue weighted by Crippen LogP contribution is 2.31. The van der Waals surface area contributed by atoms with E-state index in [1.165, 1.54) is 23.5 Å². The third-order valence-corrected chi connectivity index (χ3v) is 6.13. The predicted molar refractivity (Wildman–Crippen MR) is 112 cm³/mol. The Hall–Kier alpha value is -2.04. The molecular weight excluding hydrogens is 360 g/mol. The lowest BCUT2D eigenvalue weighted by molar-refractivity contribution is 0.108. The molecule has 2 aromatic rings. The summed E-state index contributed by atoms with van der Waals surface area (Å²) in [5.41, 5.74) is 3.72. The van der Waals surface area contributed by atoms with Gasteiger partial charge >= 0.3 is 0 Å². The monoisotopic (exact) mass is 380 g/mol. The first-order chi connectivity index (χ1) is 12.5. The second kappa shape index (κ2) is 8.56. The van der Waals surface area contributed by atoms with Gasteiger partial charge < -0.3 is 0 Å². The predicted octanol–water partition coefficient (Wildman–Crippen LogP) is 5.96. The van der Waals surface area contributed by atoms with Crippen molar-refractivity contribution in [3.05, 3.63) is 93.9 Å². The zero-order chi connectivity index (χ0) is 18.5. The Balaban J connectivity index is 1.54. The zero-order valence-corrected chi connectivity index (χ0v) is 16.4. The average Bonchev–Trinajstić information content (AvgIpc) is 2.64. The standard InChI is InChI=1S/C22H20O2S2/c1-15-3-7-17(8-4-15)21(23)25-19-11-13-20(14-12-19)26-22(24)18-9-5-16(2)6-10-18/h3-13,20H,14H2,1-2H3. The number of hydrogen-bond donors (Lipinski definition) is 0. The molecule has 1 atom stereocenters. The van der Waals surface area contributed by atoms with Crippen molar-refractivity contribution >= 4 is 33.8 Å². The number of aryl methyl sites for hydroxylation is 2. The maximum atomic E-state index is 12.3. The third-order valence-electron chi connectivity index (χ3n) is 4.07. The van der Waals surface area contributed by atoms with Crippen molar-refractivity contribution in [1.29, 1.82) is 0 Å². The maximum absolute atomic E-state index is 12.3. The first kappa shape index (κ1) is 18.7. The Kier molecular flexibility index (Phi) is 6.17. The largest absolute Gasteiger partial charge is 0.282 e. The lowest BCUT2D eigenvalue weighted by Gasteiger charge is -2.14. The number of benzene rings is 2. The van der Waals surface area contributed by atoms with Gasteiger partial charge in [-0.15, -0.1) is 0 Å². The van der Waals surface area contributed by atoms with Crippen LogP contribution < -0.4 is 0 Å². The van der Waals surface area contributed by atoms with Crippen molar-refractivity contribution in [1.82, 2.24) is 0 Å². The summed E-state index contributed by atoms with van der Waals surface area (Å²) < 4.78 is 0. The Morgan fingerprint density at radius 2 is 1.38 bits per heavy atom. The van der Waals surface area contributed by atoms with Gasteiger partial charge in [0.2, 0.25) is 10.2 Å². The highest BCUT2D eigenvalue weighted by atomic mass is 32.2. The first-order valence-corrected chi connectivity index (χ1v) is 10.2. The van der Waals surface area contributed by atoms with Gasteiger partial charge in [0, 0.05) is 21.3 Å². The van der Waals surface area contributed by atoms with Crippen molar-refractivity contribution in [3.63, 3.8) is 0 Å². The Morgan fingerprint density at radius 1 is 0.846 bits per heavy atom. The summed E-state index contributed by atoms with van der Waals surface area (Å²) >= 11 is 2.57. The molecule has 0 spiro atoms. The molecule has 4 heteroatoms. The minimum absolute atomic E-state index is 0.0442. The molecule has 2 nitrogen and oxygen atoms in total. The maximum Gasteiger partial charge on any atom is 0.224 e. The van der Waals surface area contributed by atoms with E-state index in [1.54, 1.807) is 0 Å². The lowest BCUT2D eigenvalue weighted by atomic mass is 10.2. The van der Waals surface area contributed by atoms with E-state index in [9.17, 15) is 9.59 Å². The fraction of sp³-hybridized carbons (Fsp3) is 0.182. The molecular formula is C22H20O2S2. The second-order valence-electron chi connectivity index (χ2n) is 6.27. The Morgan fingerprint density at radius 3 is 1.88 bits per heavy atom.